The topological polar surface area (TPSA) is 101 Å². The van der Waals surface area contributed by atoms with Gasteiger partial charge in [0.05, 0.1) is 11.6 Å². The van der Waals surface area contributed by atoms with Gasteiger partial charge in [0.25, 0.3) is 0 Å². The molecule has 1 atom stereocenters. The molecule has 0 aliphatic heterocycles. The second-order valence-corrected chi connectivity index (χ2v) is 8.84. The zero-order valence-corrected chi connectivity index (χ0v) is 21.1. The van der Waals surface area contributed by atoms with Crippen molar-refractivity contribution in [1.29, 1.82) is 0 Å². The zero-order valence-electron chi connectivity index (χ0n) is 20.3. The van der Waals surface area contributed by atoms with Crippen LogP contribution in [0.3, 0.4) is 0 Å². The van der Waals surface area contributed by atoms with Gasteiger partial charge in [0, 0.05) is 47.3 Å². The number of hydrogen-bond donors (Lipinski definition) is 3. The number of nitrogens with zero attached hydrogens (tertiary/aromatic N) is 1. The first-order valence-electron chi connectivity index (χ1n) is 11.8. The first kappa shape index (κ1) is 27.1. The van der Waals surface area contributed by atoms with Crippen LogP contribution < -0.4 is 14.8 Å². The quantitative estimate of drug-likeness (QED) is 0.228. The molecule has 0 fully saturated rings. The number of aliphatic hydroxyl groups is 1. The van der Waals surface area contributed by atoms with E-state index in [0.717, 1.165) is 11.1 Å². The van der Waals surface area contributed by atoms with Crippen LogP contribution in [-0.2, 0) is 24.6 Å². The third-order valence-corrected chi connectivity index (χ3v) is 6.09. The van der Waals surface area contributed by atoms with Crippen molar-refractivity contribution >= 4 is 17.6 Å². The summed E-state index contributed by atoms with van der Waals surface area (Å²) in [6, 6.07) is 20.0. The smallest absolute Gasteiger partial charge is 0.323 e. The molecule has 1 aromatic heterocycles. The van der Waals surface area contributed by atoms with Gasteiger partial charge in [0.15, 0.2) is 0 Å². The Bertz CT molecular complexity index is 1370. The van der Waals surface area contributed by atoms with E-state index in [2.05, 4.69) is 10.3 Å². The molecule has 7 nitrogen and oxygen atoms in total. The summed E-state index contributed by atoms with van der Waals surface area (Å²) in [7, 11) is 0. The van der Waals surface area contributed by atoms with E-state index in [4.69, 9.17) is 21.1 Å². The Morgan fingerprint density at radius 1 is 0.974 bits per heavy atom. The molecule has 0 spiro atoms. The summed E-state index contributed by atoms with van der Waals surface area (Å²) in [6.45, 7) is -0.396. The molecule has 0 aliphatic rings. The highest BCUT2D eigenvalue weighted by molar-refractivity contribution is 6.32. The first-order chi connectivity index (χ1) is 18.5. The molecule has 0 bridgehead atoms. The molecule has 1 heterocycles. The highest BCUT2D eigenvalue weighted by Gasteiger charge is 2.18. The van der Waals surface area contributed by atoms with E-state index in [1.165, 1.54) is 0 Å². The van der Waals surface area contributed by atoms with Gasteiger partial charge in [-0.05, 0) is 17.7 Å². The van der Waals surface area contributed by atoms with Crippen LogP contribution in [0.4, 0.5) is 4.39 Å². The third kappa shape index (κ3) is 6.86. The molecule has 3 N–H and O–H groups in total. The summed E-state index contributed by atoms with van der Waals surface area (Å²) in [4.78, 5) is 15.4. The lowest BCUT2D eigenvalue weighted by molar-refractivity contribution is -0.140. The molecule has 9 heteroatoms. The Hall–Kier alpha value is -3.98. The molecule has 3 aromatic carbocycles. The lowest BCUT2D eigenvalue weighted by Crippen LogP contribution is -2.39. The number of carboxylic acids is 1. The number of ether oxygens (including phenoxy) is 2. The average molecular weight is 537 g/mol. The van der Waals surface area contributed by atoms with Crippen molar-refractivity contribution in [1.82, 2.24) is 10.3 Å². The van der Waals surface area contributed by atoms with Gasteiger partial charge in [-0.15, -0.1) is 0 Å². The molecule has 0 saturated heterocycles. The van der Waals surface area contributed by atoms with Gasteiger partial charge in [0.2, 0.25) is 0 Å². The van der Waals surface area contributed by atoms with E-state index >= 15 is 4.39 Å². The highest BCUT2D eigenvalue weighted by Crippen LogP contribution is 2.34. The predicted octanol–water partition coefficient (Wildman–Crippen LogP) is 5.23. The second kappa shape index (κ2) is 13.0. The fourth-order valence-corrected chi connectivity index (χ4v) is 4.00. The summed E-state index contributed by atoms with van der Waals surface area (Å²) >= 11 is 6.49. The number of aliphatic hydroxyl groups excluding tert-OH is 1. The van der Waals surface area contributed by atoms with Crippen LogP contribution in [0.2, 0.25) is 5.02 Å². The zero-order chi connectivity index (χ0) is 26.9. The van der Waals surface area contributed by atoms with Gasteiger partial charge in [-0.25, -0.2) is 4.39 Å². The standard InChI is InChI=1S/C29H26ClFN2O5/c30-24-12-22(15-33-25(16-34)29(35)36)26(37-17-19-6-5-11-32-14-19)13-27(24)38-18-21-9-4-10-23(28(21)31)20-7-2-1-3-8-20/h1-14,25,33-34H,15-18H2,(H,35,36). The van der Waals surface area contributed by atoms with Gasteiger partial charge in [-0.2, -0.15) is 0 Å². The fraction of sp³-hybridized carbons (Fsp3) is 0.172. The Kier molecular flexibility index (Phi) is 9.26. The van der Waals surface area contributed by atoms with Crippen molar-refractivity contribution in [3.8, 4) is 22.6 Å². The number of carbonyl (C=O) groups is 1. The molecule has 1 unspecified atom stereocenters. The first-order valence-corrected chi connectivity index (χ1v) is 12.2. The van der Waals surface area contributed by atoms with E-state index in [0.29, 0.717) is 22.4 Å². The van der Waals surface area contributed by atoms with Gasteiger partial charge in [0.1, 0.15) is 36.6 Å². The van der Waals surface area contributed by atoms with Gasteiger partial charge < -0.3 is 19.7 Å². The average Bonchev–Trinajstić information content (AvgIpc) is 2.93. The number of nitrogens with one attached hydrogen (secondary N) is 1. The maximum atomic E-state index is 15.3. The van der Waals surface area contributed by atoms with Crippen LogP contribution in [0.1, 0.15) is 16.7 Å². The van der Waals surface area contributed by atoms with Crippen molar-refractivity contribution in [3.05, 3.63) is 113 Å². The maximum Gasteiger partial charge on any atom is 0.323 e. The van der Waals surface area contributed by atoms with Crippen molar-refractivity contribution in [2.75, 3.05) is 6.61 Å². The van der Waals surface area contributed by atoms with Crippen molar-refractivity contribution in [2.45, 2.75) is 25.8 Å². The van der Waals surface area contributed by atoms with Crippen molar-refractivity contribution < 1.29 is 28.9 Å². The van der Waals surface area contributed by atoms with Crippen molar-refractivity contribution in [3.63, 3.8) is 0 Å². The predicted molar refractivity (Wildman–Crippen MR) is 142 cm³/mol. The van der Waals surface area contributed by atoms with E-state index in [1.807, 2.05) is 36.4 Å². The van der Waals surface area contributed by atoms with Gasteiger partial charge in [-0.1, -0.05) is 66.2 Å². The van der Waals surface area contributed by atoms with E-state index in [-0.39, 0.29) is 36.3 Å². The van der Waals surface area contributed by atoms with Crippen LogP contribution >= 0.6 is 11.6 Å². The van der Waals surface area contributed by atoms with E-state index < -0.39 is 18.6 Å². The summed E-state index contributed by atoms with van der Waals surface area (Å²) in [6.07, 6.45) is 3.32. The lowest BCUT2D eigenvalue weighted by Gasteiger charge is -2.18. The minimum Gasteiger partial charge on any atom is -0.488 e. The third-order valence-electron chi connectivity index (χ3n) is 5.80. The Balaban J connectivity index is 1.56. The molecule has 4 rings (SSSR count). The largest absolute Gasteiger partial charge is 0.488 e. The molecule has 0 saturated carbocycles. The lowest BCUT2D eigenvalue weighted by atomic mass is 10.0. The fourth-order valence-electron chi connectivity index (χ4n) is 3.75. The van der Waals surface area contributed by atoms with Gasteiger partial charge >= 0.3 is 5.97 Å². The van der Waals surface area contributed by atoms with Crippen LogP contribution in [0.5, 0.6) is 11.5 Å². The molecule has 0 radical (unpaired) electrons. The summed E-state index contributed by atoms with van der Waals surface area (Å²) in [5.74, 6) is -0.900. The van der Waals surface area contributed by atoms with E-state index in [9.17, 15) is 15.0 Å². The monoisotopic (exact) mass is 536 g/mol. The van der Waals surface area contributed by atoms with Crippen LogP contribution in [0.15, 0.2) is 85.2 Å². The van der Waals surface area contributed by atoms with Crippen LogP contribution in [0.25, 0.3) is 11.1 Å². The minimum atomic E-state index is -1.18. The maximum absolute atomic E-state index is 15.3. The number of halogens is 2. The van der Waals surface area contributed by atoms with Crippen LogP contribution in [-0.4, -0.2) is 33.8 Å². The number of aromatic nitrogens is 1. The molecule has 196 valence electrons. The van der Waals surface area contributed by atoms with E-state index in [1.54, 1.807) is 48.8 Å². The number of aliphatic carboxylic acids is 1. The summed E-state index contributed by atoms with van der Waals surface area (Å²) < 4.78 is 27.2. The molecular formula is C29H26ClFN2O5. The Labute approximate surface area is 224 Å². The molecule has 4 aromatic rings. The van der Waals surface area contributed by atoms with Gasteiger partial charge in [-0.3, -0.25) is 15.1 Å². The normalized spacial score (nSPS) is 11.7. The number of pyridine rings is 1. The minimum absolute atomic E-state index is 0.0631. The highest BCUT2D eigenvalue weighted by atomic mass is 35.5. The van der Waals surface area contributed by atoms with Crippen LogP contribution in [0, 0.1) is 5.82 Å². The number of hydrogen-bond acceptors (Lipinski definition) is 6. The molecule has 38 heavy (non-hydrogen) atoms. The Morgan fingerprint density at radius 3 is 2.47 bits per heavy atom. The number of rotatable bonds is 12. The second-order valence-electron chi connectivity index (χ2n) is 8.43. The summed E-state index contributed by atoms with van der Waals surface area (Å²) in [5.41, 5.74) is 2.97. The van der Waals surface area contributed by atoms with Crippen molar-refractivity contribution in [2.24, 2.45) is 0 Å². The Morgan fingerprint density at radius 2 is 1.76 bits per heavy atom. The number of benzene rings is 3. The summed E-state index contributed by atoms with van der Waals surface area (Å²) in [5, 5.41) is 21.6. The number of carboxylic acid groups (broad SMARTS) is 1. The molecule has 0 amide bonds. The molecule has 0 aliphatic carbocycles. The molecular weight excluding hydrogens is 511 g/mol. The SMILES string of the molecule is O=C(O)C(CO)NCc1cc(Cl)c(OCc2cccc(-c3ccccc3)c2F)cc1OCc1cccnc1.